The Morgan fingerprint density at radius 1 is 0.520 bits per heavy atom. The van der Waals surface area contributed by atoms with Gasteiger partial charge >= 0.3 is 26.2 Å². The zero-order valence-electron chi connectivity index (χ0n) is 15.2. The predicted octanol–water partition coefficient (Wildman–Crippen LogP) is 0.135. The molecule has 0 heterocycles. The Balaban J connectivity index is 0.000000411. The van der Waals surface area contributed by atoms with Crippen molar-refractivity contribution in [2.45, 2.75) is 77.0 Å². The van der Waals surface area contributed by atoms with Crippen LogP contribution in [0.1, 0.15) is 73.6 Å². The summed E-state index contributed by atoms with van der Waals surface area (Å²) >= 11 is 0. The third-order valence-corrected chi connectivity index (χ3v) is 5.30. The first-order valence-corrected chi connectivity index (χ1v) is 9.40. The van der Waals surface area contributed by atoms with Crippen molar-refractivity contribution < 1.29 is 51.0 Å². The maximum atomic E-state index is 2.29. The van der Waals surface area contributed by atoms with Crippen LogP contribution in [0.25, 0.3) is 0 Å². The average Bonchev–Trinajstić information content (AvgIpc) is 3.08. The second kappa shape index (κ2) is 14.2. The molecule has 0 spiro atoms. The molecule has 0 fully saturated rings. The summed E-state index contributed by atoms with van der Waals surface area (Å²) < 4.78 is 0. The fraction of sp³-hybridized carbons (Fsp3) is 0.545. The van der Waals surface area contributed by atoms with Gasteiger partial charge in [-0.2, -0.15) is 46.5 Å². The van der Waals surface area contributed by atoms with Crippen LogP contribution in [0.15, 0.2) is 36.4 Å². The molecule has 2 aromatic rings. The van der Waals surface area contributed by atoms with E-state index in [1.807, 2.05) is 0 Å². The van der Waals surface area contributed by atoms with Gasteiger partial charge in [0, 0.05) is 0 Å². The second-order valence-electron chi connectivity index (χ2n) is 6.98. The molecule has 0 aromatic heterocycles. The van der Waals surface area contributed by atoms with Crippen LogP contribution in [0.4, 0.5) is 0 Å². The Labute approximate surface area is 185 Å². The zero-order valence-corrected chi connectivity index (χ0v) is 19.2. The molecule has 2 aliphatic carbocycles. The minimum absolute atomic E-state index is 0. The predicted molar refractivity (Wildman–Crippen MR) is 95.8 cm³/mol. The van der Waals surface area contributed by atoms with E-state index >= 15 is 0 Å². The Bertz CT molecular complexity index is 461. The van der Waals surface area contributed by atoms with Crippen LogP contribution in [0.5, 0.6) is 0 Å². The van der Waals surface area contributed by atoms with Gasteiger partial charge in [0.15, 0.2) is 0 Å². The number of fused-ring (bicyclic) bond motifs is 2. The van der Waals surface area contributed by atoms with Gasteiger partial charge in [0.1, 0.15) is 0 Å². The molecular formula is C22H30Cl2Zr. The minimum atomic E-state index is 0. The largest absolute Gasteiger partial charge is 4.00 e. The van der Waals surface area contributed by atoms with Crippen molar-refractivity contribution in [1.82, 2.24) is 0 Å². The van der Waals surface area contributed by atoms with Gasteiger partial charge in [-0.15, -0.1) is 0 Å². The van der Waals surface area contributed by atoms with Gasteiger partial charge in [-0.3, -0.25) is 0 Å². The van der Waals surface area contributed by atoms with E-state index in [0.717, 1.165) is 0 Å². The number of aryl methyl sites for hydroxylation is 4. The third kappa shape index (κ3) is 8.15. The smallest absolute Gasteiger partial charge is 1.00 e. The number of hydrogen-bond donors (Lipinski definition) is 0. The van der Waals surface area contributed by atoms with Gasteiger partial charge in [-0.25, -0.2) is 12.1 Å². The number of hydrogen-bond acceptors (Lipinski definition) is 0. The molecule has 2 aromatic carbocycles. The molecule has 0 radical (unpaired) electrons. The minimum Gasteiger partial charge on any atom is -1.00 e. The summed E-state index contributed by atoms with van der Waals surface area (Å²) in [7, 11) is 0. The molecule has 0 saturated heterocycles. The molecule has 2 aliphatic rings. The van der Waals surface area contributed by atoms with Crippen molar-refractivity contribution >= 4 is 0 Å². The summed E-state index contributed by atoms with van der Waals surface area (Å²) in [5, 5.41) is 0. The average molecular weight is 457 g/mol. The Hall–Kier alpha value is 0.163. The summed E-state index contributed by atoms with van der Waals surface area (Å²) in [6.45, 7) is 0. The monoisotopic (exact) mass is 454 g/mol. The first-order valence-electron chi connectivity index (χ1n) is 9.40. The van der Waals surface area contributed by atoms with Crippen molar-refractivity contribution in [1.29, 1.82) is 0 Å². The SMILES string of the molecule is [Cl-].[Cl-].[Zr+4].c1cc2c([cH-]1)CCCCCC2.c1cc2c([cH-]1)CCCCCC2. The van der Waals surface area contributed by atoms with Crippen LogP contribution in [-0.2, 0) is 51.9 Å². The Morgan fingerprint density at radius 3 is 1.28 bits per heavy atom. The van der Waals surface area contributed by atoms with Crippen LogP contribution in [0.2, 0.25) is 0 Å². The normalized spacial score (nSPS) is 16.3. The second-order valence-corrected chi connectivity index (χ2v) is 6.98. The first-order chi connectivity index (χ1) is 10.9. The quantitative estimate of drug-likeness (QED) is 0.495. The van der Waals surface area contributed by atoms with Crippen molar-refractivity contribution in [3.8, 4) is 0 Å². The van der Waals surface area contributed by atoms with E-state index in [0.29, 0.717) is 0 Å². The van der Waals surface area contributed by atoms with Crippen LogP contribution in [0, 0.1) is 0 Å². The molecule has 0 N–H and O–H groups in total. The molecule has 0 aliphatic heterocycles. The molecule has 25 heavy (non-hydrogen) atoms. The van der Waals surface area contributed by atoms with E-state index in [-0.39, 0.29) is 51.0 Å². The molecule has 0 saturated carbocycles. The van der Waals surface area contributed by atoms with Crippen molar-refractivity contribution in [3.05, 3.63) is 58.7 Å². The van der Waals surface area contributed by atoms with E-state index in [9.17, 15) is 0 Å². The molecule has 0 amide bonds. The van der Waals surface area contributed by atoms with Crippen LogP contribution >= 0.6 is 0 Å². The van der Waals surface area contributed by atoms with Gasteiger partial charge in [-0.05, 0) is 0 Å². The van der Waals surface area contributed by atoms with Crippen molar-refractivity contribution in [2.24, 2.45) is 0 Å². The Morgan fingerprint density at radius 2 is 0.880 bits per heavy atom. The summed E-state index contributed by atoms with van der Waals surface area (Å²) in [4.78, 5) is 0. The zero-order chi connectivity index (χ0) is 15.0. The van der Waals surface area contributed by atoms with Crippen LogP contribution < -0.4 is 24.8 Å². The van der Waals surface area contributed by atoms with Gasteiger partial charge in [0.05, 0.1) is 0 Å². The summed E-state index contributed by atoms with van der Waals surface area (Å²) in [5.74, 6) is 0. The molecular weight excluding hydrogens is 426 g/mol. The molecule has 0 atom stereocenters. The van der Waals surface area contributed by atoms with E-state index in [1.54, 1.807) is 22.3 Å². The summed E-state index contributed by atoms with van der Waals surface area (Å²) in [5.41, 5.74) is 6.46. The van der Waals surface area contributed by atoms with Crippen LogP contribution in [0.3, 0.4) is 0 Å². The van der Waals surface area contributed by atoms with Gasteiger partial charge in [-0.1, -0.05) is 77.0 Å². The number of rotatable bonds is 0. The molecule has 136 valence electrons. The fourth-order valence-electron chi connectivity index (χ4n) is 3.93. The maximum Gasteiger partial charge on any atom is 4.00 e. The van der Waals surface area contributed by atoms with Gasteiger partial charge in [0.2, 0.25) is 0 Å². The van der Waals surface area contributed by atoms with Crippen molar-refractivity contribution in [3.63, 3.8) is 0 Å². The van der Waals surface area contributed by atoms with Crippen molar-refractivity contribution in [2.75, 3.05) is 0 Å². The topological polar surface area (TPSA) is 0 Å². The molecule has 0 nitrogen and oxygen atoms in total. The maximum absolute atomic E-state index is 2.29. The van der Waals surface area contributed by atoms with E-state index in [2.05, 4.69) is 36.4 Å². The fourth-order valence-corrected chi connectivity index (χ4v) is 3.93. The Kier molecular flexibility index (Phi) is 14.3. The molecule has 0 bridgehead atoms. The third-order valence-electron chi connectivity index (χ3n) is 5.30. The van der Waals surface area contributed by atoms with E-state index in [4.69, 9.17) is 0 Å². The summed E-state index contributed by atoms with van der Waals surface area (Å²) in [6.07, 6.45) is 16.6. The van der Waals surface area contributed by atoms with E-state index in [1.165, 1.54) is 77.0 Å². The summed E-state index contributed by atoms with van der Waals surface area (Å²) in [6, 6.07) is 13.6. The van der Waals surface area contributed by atoms with Gasteiger partial charge in [0.25, 0.3) is 0 Å². The first kappa shape index (κ1) is 25.2. The van der Waals surface area contributed by atoms with E-state index < -0.39 is 0 Å². The number of halogens is 2. The van der Waals surface area contributed by atoms with Crippen LogP contribution in [-0.4, -0.2) is 0 Å². The molecule has 4 rings (SSSR count). The standard InChI is InChI=1S/2C11H15.2ClH.Zr/c2*1-2-4-7-11-9-5-8-10(11)6-3-1;;;/h2*5,8-9H,1-4,6-7H2;2*1H;/q2*-1;;;+4/p-2. The molecule has 3 heteroatoms. The van der Waals surface area contributed by atoms with Gasteiger partial charge < -0.3 is 24.8 Å². The molecule has 0 unspecified atom stereocenters.